The number of ether oxygens (including phenoxy) is 1. The molecule has 1 N–H and O–H groups in total. The van der Waals surface area contributed by atoms with Gasteiger partial charge in [-0.3, -0.25) is 5.43 Å². The van der Waals surface area contributed by atoms with Gasteiger partial charge in [0, 0.05) is 12.4 Å². The smallest absolute Gasteiger partial charge is 0.184 e. The number of halogens is 1. The van der Waals surface area contributed by atoms with Gasteiger partial charge in [0.15, 0.2) is 11.0 Å². The molecule has 1 heterocycles. The summed E-state index contributed by atoms with van der Waals surface area (Å²) in [7, 11) is 0. The minimum Gasteiger partial charge on any atom is -0.494 e. The highest BCUT2D eigenvalue weighted by Crippen LogP contribution is 2.14. The molecule has 0 atom stereocenters. The lowest BCUT2D eigenvalue weighted by atomic mass is 10.2. The number of nitrogens with zero attached hydrogens (tertiary/aromatic N) is 3. The van der Waals surface area contributed by atoms with Crippen molar-refractivity contribution in [2.24, 2.45) is 5.10 Å². The highest BCUT2D eigenvalue weighted by Gasteiger charge is 1.98. The Labute approximate surface area is 129 Å². The minimum absolute atomic E-state index is 0.286. The van der Waals surface area contributed by atoms with Crippen molar-refractivity contribution in [3.05, 3.63) is 47.4 Å². The first-order chi connectivity index (χ1) is 10.3. The SMILES string of the molecule is CCCCOc1ccc(/C=N\Nc2nccnc2Cl)cc1. The topological polar surface area (TPSA) is 59.4 Å². The number of anilines is 1. The molecule has 0 saturated carbocycles. The van der Waals surface area contributed by atoms with Gasteiger partial charge in [0.05, 0.1) is 12.8 Å². The van der Waals surface area contributed by atoms with E-state index < -0.39 is 0 Å². The molecule has 1 aromatic carbocycles. The zero-order valence-corrected chi connectivity index (χ0v) is 12.5. The molecule has 5 nitrogen and oxygen atoms in total. The molecular weight excluding hydrogens is 288 g/mol. The van der Waals surface area contributed by atoms with Crippen LogP contribution >= 0.6 is 11.6 Å². The number of unbranched alkanes of at least 4 members (excludes halogenated alkanes) is 1. The molecule has 0 aliphatic rings. The maximum absolute atomic E-state index is 5.86. The van der Waals surface area contributed by atoms with Crippen LogP contribution in [0.5, 0.6) is 5.75 Å². The second-order valence-corrected chi connectivity index (χ2v) is 4.69. The van der Waals surface area contributed by atoms with E-state index in [1.165, 1.54) is 6.20 Å². The van der Waals surface area contributed by atoms with E-state index in [4.69, 9.17) is 16.3 Å². The fourth-order valence-corrected chi connectivity index (χ4v) is 1.70. The molecule has 0 spiro atoms. The predicted molar refractivity (Wildman–Crippen MR) is 85.1 cm³/mol. The van der Waals surface area contributed by atoms with Crippen LogP contribution in [0.25, 0.3) is 0 Å². The summed E-state index contributed by atoms with van der Waals surface area (Å²) in [6, 6.07) is 7.72. The molecule has 0 bridgehead atoms. The van der Waals surface area contributed by atoms with Crippen LogP contribution in [-0.2, 0) is 0 Å². The Morgan fingerprint density at radius 1 is 1.24 bits per heavy atom. The second-order valence-electron chi connectivity index (χ2n) is 4.34. The van der Waals surface area contributed by atoms with Crippen molar-refractivity contribution in [3.63, 3.8) is 0 Å². The van der Waals surface area contributed by atoms with Gasteiger partial charge in [0.2, 0.25) is 0 Å². The quantitative estimate of drug-likeness (QED) is 0.481. The minimum atomic E-state index is 0.286. The largest absolute Gasteiger partial charge is 0.494 e. The molecule has 0 aliphatic heterocycles. The van der Waals surface area contributed by atoms with Crippen LogP contribution in [0.1, 0.15) is 25.3 Å². The average Bonchev–Trinajstić information content (AvgIpc) is 2.51. The van der Waals surface area contributed by atoms with Gasteiger partial charge in [0.1, 0.15) is 5.75 Å². The lowest BCUT2D eigenvalue weighted by molar-refractivity contribution is 0.309. The summed E-state index contributed by atoms with van der Waals surface area (Å²) in [6.07, 6.45) is 6.94. The molecule has 2 aromatic rings. The zero-order chi connectivity index (χ0) is 14.9. The van der Waals surface area contributed by atoms with E-state index in [0.29, 0.717) is 5.82 Å². The highest BCUT2D eigenvalue weighted by molar-refractivity contribution is 6.31. The van der Waals surface area contributed by atoms with E-state index in [0.717, 1.165) is 30.8 Å². The fourth-order valence-electron chi connectivity index (χ4n) is 1.55. The summed E-state index contributed by atoms with van der Waals surface area (Å²) in [5.74, 6) is 1.29. The van der Waals surface area contributed by atoms with E-state index in [1.54, 1.807) is 12.4 Å². The van der Waals surface area contributed by atoms with Crippen LogP contribution in [0.4, 0.5) is 5.82 Å². The number of hydrazone groups is 1. The van der Waals surface area contributed by atoms with E-state index in [-0.39, 0.29) is 5.15 Å². The second kappa shape index (κ2) is 8.21. The summed E-state index contributed by atoms with van der Waals surface area (Å²) >= 11 is 5.86. The summed E-state index contributed by atoms with van der Waals surface area (Å²) in [6.45, 7) is 2.88. The first kappa shape index (κ1) is 15.3. The third-order valence-electron chi connectivity index (χ3n) is 2.68. The maximum atomic E-state index is 5.86. The normalized spacial score (nSPS) is 10.8. The fraction of sp³-hybridized carbons (Fsp3) is 0.267. The van der Waals surface area contributed by atoms with Crippen molar-refractivity contribution in [3.8, 4) is 5.75 Å². The van der Waals surface area contributed by atoms with Crippen LogP contribution in [0, 0.1) is 0 Å². The Morgan fingerprint density at radius 2 is 2.00 bits per heavy atom. The van der Waals surface area contributed by atoms with E-state index in [2.05, 4.69) is 27.4 Å². The lowest BCUT2D eigenvalue weighted by Gasteiger charge is -2.05. The molecule has 0 saturated heterocycles. The molecule has 110 valence electrons. The van der Waals surface area contributed by atoms with E-state index in [9.17, 15) is 0 Å². The van der Waals surface area contributed by atoms with Gasteiger partial charge in [-0.15, -0.1) is 0 Å². The van der Waals surface area contributed by atoms with Crippen molar-refractivity contribution in [2.45, 2.75) is 19.8 Å². The zero-order valence-electron chi connectivity index (χ0n) is 11.8. The third-order valence-corrected chi connectivity index (χ3v) is 2.96. The molecular formula is C15H17ClN4O. The number of hydrogen-bond acceptors (Lipinski definition) is 5. The summed E-state index contributed by atoms with van der Waals surface area (Å²) in [4.78, 5) is 7.93. The number of rotatable bonds is 7. The van der Waals surface area contributed by atoms with Gasteiger partial charge < -0.3 is 4.74 Å². The summed E-state index contributed by atoms with van der Waals surface area (Å²) in [5, 5.41) is 4.36. The Hall–Kier alpha value is -2.14. The van der Waals surface area contributed by atoms with Crippen molar-refractivity contribution in [1.82, 2.24) is 9.97 Å². The van der Waals surface area contributed by atoms with Crippen LogP contribution in [0.3, 0.4) is 0 Å². The van der Waals surface area contributed by atoms with Gasteiger partial charge in [-0.2, -0.15) is 5.10 Å². The van der Waals surface area contributed by atoms with E-state index >= 15 is 0 Å². The van der Waals surface area contributed by atoms with E-state index in [1.807, 2.05) is 24.3 Å². The summed E-state index contributed by atoms with van der Waals surface area (Å²) < 4.78 is 5.60. The van der Waals surface area contributed by atoms with Gasteiger partial charge >= 0.3 is 0 Å². The average molecular weight is 305 g/mol. The Bertz CT molecular complexity index is 586. The van der Waals surface area contributed by atoms with Crippen molar-refractivity contribution < 1.29 is 4.74 Å². The third kappa shape index (κ3) is 5.04. The van der Waals surface area contributed by atoms with Crippen molar-refractivity contribution in [2.75, 3.05) is 12.0 Å². The van der Waals surface area contributed by atoms with Crippen LogP contribution in [0.2, 0.25) is 5.15 Å². The number of nitrogens with one attached hydrogen (secondary N) is 1. The van der Waals surface area contributed by atoms with Crippen LogP contribution < -0.4 is 10.2 Å². The van der Waals surface area contributed by atoms with Crippen molar-refractivity contribution >= 4 is 23.6 Å². The van der Waals surface area contributed by atoms with Crippen LogP contribution in [-0.4, -0.2) is 22.8 Å². The van der Waals surface area contributed by atoms with Gasteiger partial charge in [-0.05, 0) is 36.2 Å². The Balaban J connectivity index is 1.88. The van der Waals surface area contributed by atoms with Crippen LogP contribution in [0.15, 0.2) is 41.8 Å². The molecule has 0 unspecified atom stereocenters. The van der Waals surface area contributed by atoms with Crippen molar-refractivity contribution in [1.29, 1.82) is 0 Å². The molecule has 0 aliphatic carbocycles. The van der Waals surface area contributed by atoms with Gasteiger partial charge in [0.25, 0.3) is 0 Å². The number of benzene rings is 1. The standard InChI is InChI=1S/C15H17ClN4O/c1-2-3-10-21-13-6-4-12(5-7-13)11-19-20-15-14(16)17-8-9-18-15/h4-9,11H,2-3,10H2,1H3,(H,18,20)/b19-11-. The lowest BCUT2D eigenvalue weighted by Crippen LogP contribution is -1.97. The Kier molecular flexibility index (Phi) is 5.97. The monoisotopic (exact) mass is 304 g/mol. The number of hydrogen-bond donors (Lipinski definition) is 1. The maximum Gasteiger partial charge on any atom is 0.184 e. The molecule has 2 rings (SSSR count). The molecule has 0 fully saturated rings. The molecule has 6 heteroatoms. The molecule has 1 aromatic heterocycles. The van der Waals surface area contributed by atoms with Gasteiger partial charge in [-0.1, -0.05) is 24.9 Å². The highest BCUT2D eigenvalue weighted by atomic mass is 35.5. The molecule has 0 radical (unpaired) electrons. The molecule has 0 amide bonds. The Morgan fingerprint density at radius 3 is 2.71 bits per heavy atom. The summed E-state index contributed by atoms with van der Waals surface area (Å²) in [5.41, 5.74) is 3.70. The number of aromatic nitrogens is 2. The molecule has 21 heavy (non-hydrogen) atoms. The first-order valence-electron chi connectivity index (χ1n) is 6.78. The predicted octanol–water partition coefficient (Wildman–Crippen LogP) is 3.75. The van der Waals surface area contributed by atoms with Gasteiger partial charge in [-0.25, -0.2) is 9.97 Å². The first-order valence-corrected chi connectivity index (χ1v) is 7.16.